The molecular weight excluding hydrogens is 398 g/mol. The fourth-order valence-corrected chi connectivity index (χ4v) is 2.63. The summed E-state index contributed by atoms with van der Waals surface area (Å²) in [6.45, 7) is 1.86. The second-order valence-electron chi connectivity index (χ2n) is 6.10. The highest BCUT2D eigenvalue weighted by molar-refractivity contribution is 6.32. The van der Waals surface area contributed by atoms with Crippen molar-refractivity contribution in [3.63, 3.8) is 0 Å². The normalized spacial score (nSPS) is 11.3. The minimum absolute atomic E-state index is 0.141. The Balaban J connectivity index is 1.70. The molecule has 1 amide bonds. The summed E-state index contributed by atoms with van der Waals surface area (Å²) in [4.78, 5) is 24.1. The molecule has 0 unspecified atom stereocenters. The van der Waals surface area contributed by atoms with E-state index < -0.39 is 18.0 Å². The highest BCUT2D eigenvalue weighted by Crippen LogP contribution is 2.27. The zero-order chi connectivity index (χ0) is 21.2. The Morgan fingerprint density at radius 3 is 2.34 bits per heavy atom. The topological polar surface area (TPSA) is 83.1 Å². The van der Waals surface area contributed by atoms with Crippen LogP contribution in [-0.2, 0) is 14.3 Å². The number of rotatable bonds is 10. The van der Waals surface area contributed by atoms with Crippen molar-refractivity contribution in [1.82, 2.24) is 0 Å². The van der Waals surface area contributed by atoms with E-state index in [1.54, 1.807) is 49.6 Å². The molecule has 0 fully saturated rings. The number of benzene rings is 2. The summed E-state index contributed by atoms with van der Waals surface area (Å²) >= 11 is 6.03. The number of anilines is 1. The van der Waals surface area contributed by atoms with E-state index in [1.165, 1.54) is 14.0 Å². The highest BCUT2D eigenvalue weighted by Gasteiger charge is 2.18. The van der Waals surface area contributed by atoms with Crippen molar-refractivity contribution in [2.45, 2.75) is 25.9 Å². The molecule has 0 aliphatic heterocycles. The molecule has 8 heteroatoms. The molecule has 7 nitrogen and oxygen atoms in total. The Hall–Kier alpha value is -2.93. The van der Waals surface area contributed by atoms with Gasteiger partial charge >= 0.3 is 5.97 Å². The third kappa shape index (κ3) is 7.19. The maximum atomic E-state index is 12.2. The van der Waals surface area contributed by atoms with Gasteiger partial charge in [0.05, 0.1) is 25.8 Å². The molecule has 1 N–H and O–H groups in total. The molecule has 0 aromatic heterocycles. The van der Waals surface area contributed by atoms with Gasteiger partial charge < -0.3 is 24.3 Å². The number of esters is 1. The van der Waals surface area contributed by atoms with E-state index in [2.05, 4.69) is 5.32 Å². The van der Waals surface area contributed by atoms with Crippen LogP contribution in [-0.4, -0.2) is 38.8 Å². The van der Waals surface area contributed by atoms with Crippen LogP contribution in [0.3, 0.4) is 0 Å². The van der Waals surface area contributed by atoms with Gasteiger partial charge in [-0.3, -0.25) is 9.59 Å². The maximum absolute atomic E-state index is 12.2. The Kier molecular flexibility index (Phi) is 8.61. The van der Waals surface area contributed by atoms with Gasteiger partial charge in [-0.05, 0) is 55.8 Å². The predicted molar refractivity (Wildman–Crippen MR) is 110 cm³/mol. The van der Waals surface area contributed by atoms with Gasteiger partial charge in [-0.15, -0.1) is 0 Å². The predicted octanol–water partition coefficient (Wildman–Crippen LogP) is 4.09. The summed E-state index contributed by atoms with van der Waals surface area (Å²) in [7, 11) is 3.10. The molecule has 0 aliphatic carbocycles. The summed E-state index contributed by atoms with van der Waals surface area (Å²) in [5.41, 5.74) is 0.483. The van der Waals surface area contributed by atoms with Gasteiger partial charge in [0.15, 0.2) is 6.10 Å². The lowest BCUT2D eigenvalue weighted by Gasteiger charge is -2.14. The molecule has 0 spiro atoms. The zero-order valence-corrected chi connectivity index (χ0v) is 17.3. The lowest BCUT2D eigenvalue weighted by Crippen LogP contribution is -2.30. The van der Waals surface area contributed by atoms with Crippen molar-refractivity contribution < 1.29 is 28.5 Å². The number of amides is 1. The van der Waals surface area contributed by atoms with Crippen LogP contribution in [0.25, 0.3) is 0 Å². The second kappa shape index (κ2) is 11.2. The summed E-state index contributed by atoms with van der Waals surface area (Å²) < 4.78 is 20.8. The van der Waals surface area contributed by atoms with E-state index in [1.807, 2.05) is 0 Å². The molecular formula is C21H24ClNO6. The molecule has 29 heavy (non-hydrogen) atoms. The number of carbonyl (C=O) groups excluding carboxylic acids is 2. The van der Waals surface area contributed by atoms with Crippen LogP contribution in [0.15, 0.2) is 42.5 Å². The molecule has 0 heterocycles. The Labute approximate surface area is 174 Å². The minimum Gasteiger partial charge on any atom is -0.497 e. The molecule has 2 aromatic carbocycles. The molecule has 0 saturated carbocycles. The van der Waals surface area contributed by atoms with Crippen LogP contribution in [0.1, 0.15) is 19.8 Å². The van der Waals surface area contributed by atoms with Crippen LogP contribution in [0.5, 0.6) is 17.2 Å². The monoisotopic (exact) mass is 421 g/mol. The van der Waals surface area contributed by atoms with Crippen molar-refractivity contribution in [1.29, 1.82) is 0 Å². The number of hydrogen-bond acceptors (Lipinski definition) is 6. The Morgan fingerprint density at radius 1 is 1.03 bits per heavy atom. The summed E-state index contributed by atoms with van der Waals surface area (Å²) in [5.74, 6) is 1.00. The molecule has 1 atom stereocenters. The molecule has 0 radical (unpaired) electrons. The molecule has 0 aliphatic rings. The second-order valence-corrected chi connectivity index (χ2v) is 6.51. The first-order valence-corrected chi connectivity index (χ1v) is 9.41. The number of methoxy groups -OCH3 is 2. The van der Waals surface area contributed by atoms with Crippen LogP contribution in [0.4, 0.5) is 5.69 Å². The van der Waals surface area contributed by atoms with Gasteiger partial charge in [-0.2, -0.15) is 0 Å². The van der Waals surface area contributed by atoms with Gasteiger partial charge in [0.2, 0.25) is 0 Å². The van der Waals surface area contributed by atoms with Crippen molar-refractivity contribution >= 4 is 29.2 Å². The van der Waals surface area contributed by atoms with Crippen LogP contribution in [0, 0.1) is 0 Å². The summed E-state index contributed by atoms with van der Waals surface area (Å²) in [6.07, 6.45) is -0.332. The average molecular weight is 422 g/mol. The average Bonchev–Trinajstić information content (AvgIpc) is 2.71. The molecule has 2 rings (SSSR count). The first kappa shape index (κ1) is 22.4. The highest BCUT2D eigenvalue weighted by atomic mass is 35.5. The summed E-state index contributed by atoms with van der Waals surface area (Å²) in [5, 5.41) is 3.01. The lowest BCUT2D eigenvalue weighted by atomic mass is 10.2. The zero-order valence-electron chi connectivity index (χ0n) is 16.6. The van der Waals surface area contributed by atoms with E-state index in [0.29, 0.717) is 35.2 Å². The van der Waals surface area contributed by atoms with Crippen molar-refractivity contribution in [2.24, 2.45) is 0 Å². The standard InChI is InChI=1S/C21H24ClNO6/c1-14(21(25)23-15-6-11-19(27-3)18(22)13-15)29-20(24)5-4-12-28-17-9-7-16(26-2)8-10-17/h6-11,13-14H,4-5,12H2,1-3H3,(H,23,25)/t14-/m0/s1. The van der Waals surface area contributed by atoms with Crippen LogP contribution in [0.2, 0.25) is 5.02 Å². The largest absolute Gasteiger partial charge is 0.497 e. The first-order valence-electron chi connectivity index (χ1n) is 9.03. The molecule has 156 valence electrons. The van der Waals surface area contributed by atoms with E-state index >= 15 is 0 Å². The van der Waals surface area contributed by atoms with Crippen molar-refractivity contribution in [3.8, 4) is 17.2 Å². The first-order chi connectivity index (χ1) is 13.9. The fourth-order valence-electron chi connectivity index (χ4n) is 2.38. The smallest absolute Gasteiger partial charge is 0.306 e. The molecule has 0 bridgehead atoms. The van der Waals surface area contributed by atoms with Gasteiger partial charge in [-0.1, -0.05) is 11.6 Å². The van der Waals surface area contributed by atoms with E-state index in [9.17, 15) is 9.59 Å². The Bertz CT molecular complexity index is 824. The van der Waals surface area contributed by atoms with Gasteiger partial charge in [0.1, 0.15) is 17.2 Å². The number of hydrogen-bond donors (Lipinski definition) is 1. The van der Waals surface area contributed by atoms with Crippen LogP contribution < -0.4 is 19.5 Å². The third-order valence-corrected chi connectivity index (χ3v) is 4.25. The minimum atomic E-state index is -0.939. The fraction of sp³-hybridized carbons (Fsp3) is 0.333. The van der Waals surface area contributed by atoms with Gasteiger partial charge in [0, 0.05) is 12.1 Å². The van der Waals surface area contributed by atoms with E-state index in [-0.39, 0.29) is 6.42 Å². The van der Waals surface area contributed by atoms with E-state index in [0.717, 1.165) is 5.75 Å². The van der Waals surface area contributed by atoms with E-state index in [4.69, 9.17) is 30.5 Å². The van der Waals surface area contributed by atoms with Gasteiger partial charge in [0.25, 0.3) is 5.91 Å². The van der Waals surface area contributed by atoms with Crippen molar-refractivity contribution in [3.05, 3.63) is 47.5 Å². The molecule has 0 saturated heterocycles. The Morgan fingerprint density at radius 2 is 1.72 bits per heavy atom. The van der Waals surface area contributed by atoms with Crippen molar-refractivity contribution in [2.75, 3.05) is 26.1 Å². The van der Waals surface area contributed by atoms with Crippen LogP contribution >= 0.6 is 11.6 Å². The summed E-state index contributed by atoms with van der Waals surface area (Å²) in [6, 6.07) is 12.0. The molecule has 2 aromatic rings. The van der Waals surface area contributed by atoms with Gasteiger partial charge in [-0.25, -0.2) is 0 Å². The number of halogens is 1. The number of carbonyl (C=O) groups is 2. The SMILES string of the molecule is COc1ccc(OCCCC(=O)O[C@@H](C)C(=O)Nc2ccc(OC)c(Cl)c2)cc1. The lowest BCUT2D eigenvalue weighted by molar-refractivity contribution is -0.153. The number of nitrogens with one attached hydrogen (secondary N) is 1. The third-order valence-electron chi connectivity index (χ3n) is 3.95. The maximum Gasteiger partial charge on any atom is 0.306 e. The quantitative estimate of drug-likeness (QED) is 0.459. The number of ether oxygens (including phenoxy) is 4.